The lowest BCUT2D eigenvalue weighted by Gasteiger charge is -2.16. The van der Waals surface area contributed by atoms with Crippen LogP contribution in [0.2, 0.25) is 0 Å². The topological polar surface area (TPSA) is 92.8 Å². The molecule has 2 aliphatic carbocycles. The van der Waals surface area contributed by atoms with Gasteiger partial charge in [-0.1, -0.05) is 12.1 Å². The van der Waals surface area contributed by atoms with E-state index in [0.29, 0.717) is 11.2 Å². The second-order valence-corrected chi connectivity index (χ2v) is 8.91. The van der Waals surface area contributed by atoms with Crippen molar-refractivity contribution in [2.24, 2.45) is 5.92 Å². The van der Waals surface area contributed by atoms with Crippen molar-refractivity contribution in [1.82, 2.24) is 29.4 Å². The number of rotatable bonds is 7. The molecule has 8 heteroatoms. The van der Waals surface area contributed by atoms with Gasteiger partial charge in [0, 0.05) is 36.7 Å². The normalized spacial score (nSPS) is 17.0. The first kappa shape index (κ1) is 19.2. The van der Waals surface area contributed by atoms with Crippen LogP contribution in [0.4, 0.5) is 0 Å². The maximum absolute atomic E-state index is 12.6. The van der Waals surface area contributed by atoms with Gasteiger partial charge in [-0.3, -0.25) is 14.0 Å². The average molecular weight is 428 g/mol. The quantitative estimate of drug-likeness (QED) is 0.471. The van der Waals surface area contributed by atoms with Crippen LogP contribution in [0.25, 0.3) is 11.3 Å². The summed E-state index contributed by atoms with van der Waals surface area (Å²) in [7, 11) is 0. The second kappa shape index (κ2) is 7.27. The van der Waals surface area contributed by atoms with Crippen LogP contribution in [0.15, 0.2) is 59.8 Å². The molecule has 0 spiro atoms. The summed E-state index contributed by atoms with van der Waals surface area (Å²) in [5.74, 6) is 0.480. The van der Waals surface area contributed by atoms with Crippen molar-refractivity contribution in [1.29, 1.82) is 0 Å². The first-order valence-electron chi connectivity index (χ1n) is 11.1. The van der Waals surface area contributed by atoms with Gasteiger partial charge in [0.05, 0.1) is 12.2 Å². The van der Waals surface area contributed by atoms with Crippen LogP contribution in [0.1, 0.15) is 47.4 Å². The Morgan fingerprint density at radius 1 is 1.06 bits per heavy atom. The summed E-state index contributed by atoms with van der Waals surface area (Å²) in [6.45, 7) is 1.12. The van der Waals surface area contributed by atoms with Gasteiger partial charge in [-0.25, -0.2) is 9.97 Å². The Kier molecular flexibility index (Phi) is 4.36. The summed E-state index contributed by atoms with van der Waals surface area (Å²) in [5.41, 5.74) is 3.46. The number of pyridine rings is 2. The molecule has 0 saturated heterocycles. The maximum Gasteiger partial charge on any atom is 0.270 e. The van der Waals surface area contributed by atoms with Gasteiger partial charge in [0.2, 0.25) is 0 Å². The number of hydrogen-bond donors (Lipinski definition) is 2. The van der Waals surface area contributed by atoms with Crippen molar-refractivity contribution in [2.75, 3.05) is 0 Å². The van der Waals surface area contributed by atoms with Crippen molar-refractivity contribution >= 4 is 17.2 Å². The summed E-state index contributed by atoms with van der Waals surface area (Å²) >= 11 is 0. The predicted octanol–water partition coefficient (Wildman–Crippen LogP) is 2.30. The van der Waals surface area contributed by atoms with Crippen molar-refractivity contribution in [3.63, 3.8) is 0 Å². The summed E-state index contributed by atoms with van der Waals surface area (Å²) in [6.07, 6.45) is 11.0. The number of nitrogens with zero attached hydrogens (tertiary/aromatic N) is 4. The number of amides is 1. The third-order valence-corrected chi connectivity index (χ3v) is 6.59. The SMILES string of the molecule is O=C(NCc1cn2cc(CNC3(C4CC4)CC3)ccc2n1)c1cc(=O)n2ccccc2n1. The van der Waals surface area contributed by atoms with Crippen LogP contribution < -0.4 is 16.2 Å². The van der Waals surface area contributed by atoms with Gasteiger partial charge in [0.25, 0.3) is 11.5 Å². The molecule has 0 aliphatic heterocycles. The summed E-state index contributed by atoms with van der Waals surface area (Å²) < 4.78 is 3.40. The molecule has 2 aliphatic rings. The number of nitrogens with one attached hydrogen (secondary N) is 2. The lowest BCUT2D eigenvalue weighted by atomic mass is 10.1. The highest BCUT2D eigenvalue weighted by Gasteiger charge is 2.53. The smallest absolute Gasteiger partial charge is 0.270 e. The number of hydrogen-bond acceptors (Lipinski definition) is 5. The minimum atomic E-state index is -0.398. The van der Waals surface area contributed by atoms with E-state index >= 15 is 0 Å². The molecule has 32 heavy (non-hydrogen) atoms. The molecule has 0 unspecified atom stereocenters. The average Bonchev–Trinajstić information content (AvgIpc) is 3.72. The fraction of sp³-hybridized carbons (Fsp3) is 0.333. The van der Waals surface area contributed by atoms with Crippen molar-refractivity contribution < 1.29 is 4.79 Å². The van der Waals surface area contributed by atoms with Crippen molar-refractivity contribution in [2.45, 2.75) is 44.3 Å². The van der Waals surface area contributed by atoms with Gasteiger partial charge in [0.15, 0.2) is 0 Å². The minimum Gasteiger partial charge on any atom is -0.345 e. The zero-order chi connectivity index (χ0) is 21.7. The third-order valence-electron chi connectivity index (χ3n) is 6.59. The van der Waals surface area contributed by atoms with Crippen LogP contribution in [-0.4, -0.2) is 30.2 Å². The molecule has 4 aromatic heterocycles. The Morgan fingerprint density at radius 2 is 1.94 bits per heavy atom. The van der Waals surface area contributed by atoms with E-state index in [2.05, 4.69) is 32.9 Å². The molecule has 0 bridgehead atoms. The molecule has 1 amide bonds. The van der Waals surface area contributed by atoms with Crippen LogP contribution in [0, 0.1) is 5.92 Å². The molecule has 0 atom stereocenters. The number of carbonyl (C=O) groups is 1. The Labute approximate surface area is 184 Å². The Bertz CT molecular complexity index is 1400. The zero-order valence-electron chi connectivity index (χ0n) is 17.6. The van der Waals surface area contributed by atoms with Gasteiger partial charge < -0.3 is 15.0 Å². The van der Waals surface area contributed by atoms with E-state index in [1.165, 1.54) is 41.7 Å². The summed E-state index contributed by atoms with van der Waals surface area (Å²) in [5, 5.41) is 6.59. The van der Waals surface area contributed by atoms with Crippen LogP contribution >= 0.6 is 0 Å². The molecule has 2 N–H and O–H groups in total. The zero-order valence-corrected chi connectivity index (χ0v) is 17.6. The molecule has 2 fully saturated rings. The van der Waals surface area contributed by atoms with Crippen LogP contribution in [0.3, 0.4) is 0 Å². The monoisotopic (exact) mass is 428 g/mol. The second-order valence-electron chi connectivity index (χ2n) is 8.91. The van der Waals surface area contributed by atoms with Gasteiger partial charge in [-0.15, -0.1) is 0 Å². The van der Waals surface area contributed by atoms with E-state index in [1.54, 1.807) is 24.4 Å². The molecule has 0 aromatic carbocycles. The van der Waals surface area contributed by atoms with E-state index in [1.807, 2.05) is 16.7 Å². The lowest BCUT2D eigenvalue weighted by Crippen LogP contribution is -2.32. The van der Waals surface area contributed by atoms with Gasteiger partial charge in [-0.2, -0.15) is 0 Å². The van der Waals surface area contributed by atoms with Gasteiger partial charge in [0.1, 0.15) is 17.0 Å². The Hall–Kier alpha value is -3.52. The number of aromatic nitrogens is 4. The predicted molar refractivity (Wildman–Crippen MR) is 119 cm³/mol. The van der Waals surface area contributed by atoms with E-state index in [4.69, 9.17) is 0 Å². The molecule has 8 nitrogen and oxygen atoms in total. The van der Waals surface area contributed by atoms with Crippen molar-refractivity contribution in [3.8, 4) is 0 Å². The molecule has 6 rings (SSSR count). The van der Waals surface area contributed by atoms with E-state index in [0.717, 1.165) is 23.8 Å². The molecular weight excluding hydrogens is 404 g/mol. The lowest BCUT2D eigenvalue weighted by molar-refractivity contribution is 0.0945. The van der Waals surface area contributed by atoms with E-state index < -0.39 is 5.91 Å². The molecular formula is C24H24N6O2. The Balaban J connectivity index is 1.13. The largest absolute Gasteiger partial charge is 0.345 e. The standard InChI is InChI=1S/C24H24N6O2/c31-22-11-19(28-21-3-1-2-10-30(21)22)23(32)25-13-18-15-29-14-16(4-7-20(29)27-18)12-26-24(8-9-24)17-5-6-17/h1-4,7,10-11,14-15,17,26H,5-6,8-9,12-13H2,(H,25,32). The maximum atomic E-state index is 12.6. The molecule has 4 heterocycles. The highest BCUT2D eigenvalue weighted by Crippen LogP contribution is 2.53. The molecule has 162 valence electrons. The highest BCUT2D eigenvalue weighted by atomic mass is 16.2. The first-order chi connectivity index (χ1) is 15.6. The van der Waals surface area contributed by atoms with Gasteiger partial charge in [-0.05, 0) is 55.4 Å². The highest BCUT2D eigenvalue weighted by molar-refractivity contribution is 5.92. The van der Waals surface area contributed by atoms with Crippen LogP contribution in [0.5, 0.6) is 0 Å². The van der Waals surface area contributed by atoms with Gasteiger partial charge >= 0.3 is 0 Å². The Morgan fingerprint density at radius 3 is 2.75 bits per heavy atom. The number of imidazole rings is 1. The number of carbonyl (C=O) groups excluding carboxylic acids is 1. The molecule has 0 radical (unpaired) electrons. The van der Waals surface area contributed by atoms with Crippen LogP contribution in [-0.2, 0) is 13.1 Å². The van der Waals surface area contributed by atoms with E-state index in [9.17, 15) is 9.59 Å². The fourth-order valence-corrected chi connectivity index (χ4v) is 4.49. The first-order valence-corrected chi connectivity index (χ1v) is 11.1. The van der Waals surface area contributed by atoms with E-state index in [-0.39, 0.29) is 17.8 Å². The number of fused-ring (bicyclic) bond motifs is 2. The summed E-state index contributed by atoms with van der Waals surface area (Å²) in [6, 6.07) is 10.6. The summed E-state index contributed by atoms with van der Waals surface area (Å²) in [4.78, 5) is 33.6. The fourth-order valence-electron chi connectivity index (χ4n) is 4.49. The van der Waals surface area contributed by atoms with Crippen molar-refractivity contribution in [3.05, 3.63) is 82.3 Å². The third kappa shape index (κ3) is 3.56. The minimum absolute atomic E-state index is 0.1000. The molecule has 2 saturated carbocycles. The molecule has 4 aromatic rings.